The first-order chi connectivity index (χ1) is 16.6. The number of aliphatic carboxylic acids is 1. The molecule has 206 valence electrons. The van der Waals surface area contributed by atoms with Gasteiger partial charge in [-0.3, -0.25) is 19.3 Å². The van der Waals surface area contributed by atoms with Crippen LogP contribution in [-0.2, 0) is 23.9 Å². The van der Waals surface area contributed by atoms with Crippen LogP contribution in [0, 0.1) is 0 Å². The fraction of sp³-hybridized carbons (Fsp3) is 0.783. The summed E-state index contributed by atoms with van der Waals surface area (Å²) >= 11 is 0. The first-order valence-electron chi connectivity index (χ1n) is 12.0. The maximum atomic E-state index is 12.9. The molecule has 4 N–H and O–H groups in total. The third kappa shape index (κ3) is 11.2. The van der Waals surface area contributed by atoms with Gasteiger partial charge in [0.15, 0.2) is 0 Å². The second-order valence-electron chi connectivity index (χ2n) is 10.3. The summed E-state index contributed by atoms with van der Waals surface area (Å²) in [6.07, 6.45) is 0.0464. The molecule has 1 aliphatic rings. The molecule has 2 atom stereocenters. The van der Waals surface area contributed by atoms with Gasteiger partial charge in [0.25, 0.3) is 0 Å². The van der Waals surface area contributed by atoms with Gasteiger partial charge in [-0.15, -0.1) is 0 Å². The first kappa shape index (κ1) is 31.1. The number of carbonyl (C=O) groups is 5. The third-order valence-corrected chi connectivity index (χ3v) is 5.66. The summed E-state index contributed by atoms with van der Waals surface area (Å²) in [4.78, 5) is 66.8. The van der Waals surface area contributed by atoms with Crippen LogP contribution >= 0.6 is 0 Å². The fourth-order valence-corrected chi connectivity index (χ4v) is 3.66. The van der Waals surface area contributed by atoms with Crippen LogP contribution in [0.3, 0.4) is 0 Å². The number of amides is 4. The van der Waals surface area contributed by atoms with Crippen LogP contribution in [0.4, 0.5) is 4.79 Å². The van der Waals surface area contributed by atoms with E-state index in [-0.39, 0.29) is 13.1 Å². The number of carboxylic acid groups (broad SMARTS) is 1. The maximum Gasteiger partial charge on any atom is 0.410 e. The van der Waals surface area contributed by atoms with Gasteiger partial charge in [0.1, 0.15) is 17.7 Å². The van der Waals surface area contributed by atoms with Crippen molar-refractivity contribution in [1.82, 2.24) is 24.9 Å². The van der Waals surface area contributed by atoms with E-state index in [2.05, 4.69) is 5.32 Å². The SMILES string of the molecule is CN(CCN(C)CC(=O)N[C@@H](CC(N)=O)C(=O)N1CCC[C@H]1C(=O)O)CCN(C)C(=O)OC(C)(C)C. The van der Waals surface area contributed by atoms with Crippen LogP contribution in [-0.4, -0.2) is 133 Å². The predicted molar refractivity (Wildman–Crippen MR) is 132 cm³/mol. The number of rotatable bonds is 13. The highest BCUT2D eigenvalue weighted by molar-refractivity contribution is 5.94. The molecule has 0 spiro atoms. The second-order valence-corrected chi connectivity index (χ2v) is 10.3. The number of nitrogens with zero attached hydrogens (tertiary/aromatic N) is 4. The first-order valence-corrected chi connectivity index (χ1v) is 12.0. The number of carboxylic acids is 1. The molecule has 0 saturated carbocycles. The Morgan fingerprint density at radius 3 is 2.19 bits per heavy atom. The number of likely N-dealkylation sites (N-methyl/N-ethyl adjacent to an activating group) is 3. The summed E-state index contributed by atoms with van der Waals surface area (Å²) in [5.74, 6) is -2.99. The molecule has 0 radical (unpaired) electrons. The standard InChI is InChI=1S/C23H42N6O7/c1-23(2,3)36-22(35)28(6)13-12-26(4)10-11-27(5)15-19(31)25-16(14-18(24)30)20(32)29-9-7-8-17(29)21(33)34/h16-17H,7-15H2,1-6H3,(H2,24,30)(H,25,31)(H,33,34)/t16-,17-/m0/s1. The fourth-order valence-electron chi connectivity index (χ4n) is 3.66. The molecule has 0 unspecified atom stereocenters. The molecule has 4 amide bonds. The minimum absolute atomic E-state index is 0.0312. The lowest BCUT2D eigenvalue weighted by Crippen LogP contribution is -2.54. The van der Waals surface area contributed by atoms with Gasteiger partial charge in [0.05, 0.1) is 13.0 Å². The summed E-state index contributed by atoms with van der Waals surface area (Å²) in [6.45, 7) is 7.86. The Labute approximate surface area is 212 Å². The van der Waals surface area contributed by atoms with Crippen molar-refractivity contribution in [3.8, 4) is 0 Å². The van der Waals surface area contributed by atoms with Crippen molar-refractivity contribution >= 4 is 29.8 Å². The van der Waals surface area contributed by atoms with Crippen LogP contribution < -0.4 is 11.1 Å². The zero-order valence-corrected chi connectivity index (χ0v) is 22.3. The van der Waals surface area contributed by atoms with Gasteiger partial charge >= 0.3 is 12.1 Å². The van der Waals surface area contributed by atoms with E-state index in [0.717, 1.165) is 0 Å². The molecule has 36 heavy (non-hydrogen) atoms. The average molecular weight is 515 g/mol. The zero-order valence-electron chi connectivity index (χ0n) is 22.3. The smallest absolute Gasteiger partial charge is 0.410 e. The van der Waals surface area contributed by atoms with E-state index in [9.17, 15) is 29.1 Å². The van der Waals surface area contributed by atoms with Crippen molar-refractivity contribution in [1.29, 1.82) is 0 Å². The summed E-state index contributed by atoms with van der Waals surface area (Å²) in [7, 11) is 5.31. The van der Waals surface area contributed by atoms with Gasteiger partial charge < -0.3 is 35.6 Å². The van der Waals surface area contributed by atoms with Gasteiger partial charge in [-0.25, -0.2) is 9.59 Å². The highest BCUT2D eigenvalue weighted by atomic mass is 16.6. The average Bonchev–Trinajstić information content (AvgIpc) is 3.23. The van der Waals surface area contributed by atoms with Crippen molar-refractivity contribution in [2.24, 2.45) is 5.73 Å². The lowest BCUT2D eigenvalue weighted by molar-refractivity contribution is -0.149. The molecular weight excluding hydrogens is 472 g/mol. The quantitative estimate of drug-likeness (QED) is 0.284. The Hall–Kier alpha value is -2.93. The largest absolute Gasteiger partial charge is 0.480 e. The number of nitrogens with two attached hydrogens (primary N) is 1. The van der Waals surface area contributed by atoms with Gasteiger partial charge in [0.2, 0.25) is 17.7 Å². The molecule has 1 rings (SSSR count). The van der Waals surface area contributed by atoms with Crippen LogP contribution in [0.2, 0.25) is 0 Å². The number of likely N-dealkylation sites (tertiary alicyclic amines) is 1. The molecule has 1 aliphatic heterocycles. The second kappa shape index (κ2) is 14.0. The van der Waals surface area contributed by atoms with E-state index in [1.165, 1.54) is 9.80 Å². The number of nitrogens with one attached hydrogen (secondary N) is 1. The van der Waals surface area contributed by atoms with E-state index < -0.39 is 53.9 Å². The highest BCUT2D eigenvalue weighted by Gasteiger charge is 2.38. The molecule has 0 aromatic carbocycles. The maximum absolute atomic E-state index is 12.9. The normalized spacial score (nSPS) is 16.7. The van der Waals surface area contributed by atoms with Crippen molar-refractivity contribution in [2.75, 3.05) is 60.4 Å². The van der Waals surface area contributed by atoms with Crippen molar-refractivity contribution < 1.29 is 33.8 Å². The molecule has 13 nitrogen and oxygen atoms in total. The molecular formula is C23H42N6O7. The monoisotopic (exact) mass is 514 g/mol. The van der Waals surface area contributed by atoms with Crippen molar-refractivity contribution in [3.63, 3.8) is 0 Å². The van der Waals surface area contributed by atoms with Crippen molar-refractivity contribution in [3.05, 3.63) is 0 Å². The molecule has 1 fully saturated rings. The molecule has 13 heteroatoms. The number of carbonyl (C=O) groups excluding carboxylic acids is 4. The zero-order chi connectivity index (χ0) is 27.6. The number of ether oxygens (including phenoxy) is 1. The van der Waals surface area contributed by atoms with Gasteiger partial charge in [0, 0.05) is 39.8 Å². The Morgan fingerprint density at radius 2 is 1.64 bits per heavy atom. The summed E-state index contributed by atoms with van der Waals surface area (Å²) < 4.78 is 5.33. The third-order valence-electron chi connectivity index (χ3n) is 5.66. The Bertz CT molecular complexity index is 800. The summed E-state index contributed by atoms with van der Waals surface area (Å²) in [6, 6.07) is -2.19. The molecule has 1 saturated heterocycles. The molecule has 1 heterocycles. The molecule has 0 aromatic heterocycles. The van der Waals surface area contributed by atoms with Gasteiger partial charge in [-0.2, -0.15) is 0 Å². The van der Waals surface area contributed by atoms with Gasteiger partial charge in [-0.05, 0) is 47.7 Å². The molecule has 0 aliphatic carbocycles. The van der Waals surface area contributed by atoms with Gasteiger partial charge in [-0.1, -0.05) is 0 Å². The highest BCUT2D eigenvalue weighted by Crippen LogP contribution is 2.19. The predicted octanol–water partition coefficient (Wildman–Crippen LogP) is -0.847. The minimum atomic E-state index is -1.21. The van der Waals surface area contributed by atoms with E-state index in [1.54, 1.807) is 19.0 Å². The Kier molecular flexibility index (Phi) is 12.1. The van der Waals surface area contributed by atoms with Crippen molar-refractivity contribution in [2.45, 2.75) is 57.7 Å². The lowest BCUT2D eigenvalue weighted by atomic mass is 10.1. The van der Waals surface area contributed by atoms with E-state index in [1.807, 2.05) is 32.7 Å². The molecule has 0 aromatic rings. The summed E-state index contributed by atoms with van der Waals surface area (Å²) in [5, 5.41) is 11.9. The number of hydrogen-bond donors (Lipinski definition) is 3. The topological polar surface area (TPSA) is 166 Å². The Balaban J connectivity index is 2.52. The van der Waals surface area contributed by atoms with Crippen LogP contribution in [0.25, 0.3) is 0 Å². The minimum Gasteiger partial charge on any atom is -0.480 e. The Morgan fingerprint density at radius 1 is 1.06 bits per heavy atom. The summed E-state index contributed by atoms with van der Waals surface area (Å²) in [5.41, 5.74) is 4.69. The van der Waals surface area contributed by atoms with E-state index >= 15 is 0 Å². The molecule has 0 bridgehead atoms. The van der Waals surface area contributed by atoms with Crippen LogP contribution in [0.1, 0.15) is 40.0 Å². The van der Waals surface area contributed by atoms with E-state index in [4.69, 9.17) is 10.5 Å². The number of primary amides is 1. The number of hydrogen-bond acceptors (Lipinski definition) is 8. The van der Waals surface area contributed by atoms with E-state index in [0.29, 0.717) is 39.0 Å². The van der Waals surface area contributed by atoms with Crippen LogP contribution in [0.15, 0.2) is 0 Å². The van der Waals surface area contributed by atoms with Crippen LogP contribution in [0.5, 0.6) is 0 Å². The lowest BCUT2D eigenvalue weighted by Gasteiger charge is -2.28.